The first-order chi connectivity index (χ1) is 5.08. The van der Waals surface area contributed by atoms with Crippen molar-refractivity contribution >= 4 is 0 Å². The van der Waals surface area contributed by atoms with E-state index in [2.05, 4.69) is 11.2 Å². The monoisotopic (exact) mass is 153 g/mol. The molecule has 1 aliphatic rings. The van der Waals surface area contributed by atoms with Gasteiger partial charge < -0.3 is 10.4 Å². The van der Waals surface area contributed by atoms with Crippen molar-refractivity contribution in [3.8, 4) is 12.3 Å². The van der Waals surface area contributed by atoms with Gasteiger partial charge in [0.15, 0.2) is 0 Å². The van der Waals surface area contributed by atoms with Crippen LogP contribution in [0, 0.1) is 18.3 Å². The zero-order valence-electron chi connectivity index (χ0n) is 7.09. The number of nitrogens with one attached hydrogen (secondary N) is 1. The molecule has 0 amide bonds. The van der Waals surface area contributed by atoms with Crippen molar-refractivity contribution in [3.63, 3.8) is 0 Å². The third-order valence-corrected chi connectivity index (χ3v) is 2.46. The van der Waals surface area contributed by atoms with E-state index < -0.39 is 5.60 Å². The minimum absolute atomic E-state index is 0.156. The molecule has 1 aliphatic heterocycles. The fraction of sp³-hybridized carbons (Fsp3) is 0.778. The molecule has 0 spiro atoms. The molecule has 1 rings (SSSR count). The van der Waals surface area contributed by atoms with Crippen LogP contribution in [0.15, 0.2) is 0 Å². The highest BCUT2D eigenvalue weighted by molar-refractivity contribution is 5.13. The Kier molecular flexibility index (Phi) is 2.22. The van der Waals surface area contributed by atoms with Crippen molar-refractivity contribution in [2.45, 2.75) is 31.9 Å². The molecular formula is C9H15NO. The fourth-order valence-electron chi connectivity index (χ4n) is 1.49. The second kappa shape index (κ2) is 2.84. The first-order valence-corrected chi connectivity index (χ1v) is 4.02. The molecule has 0 aliphatic carbocycles. The lowest BCUT2D eigenvalue weighted by molar-refractivity contribution is 0.00776. The van der Waals surface area contributed by atoms with Gasteiger partial charge in [0.25, 0.3) is 0 Å². The first-order valence-electron chi connectivity index (χ1n) is 4.02. The van der Waals surface area contributed by atoms with Crippen molar-refractivity contribution in [2.24, 2.45) is 5.92 Å². The van der Waals surface area contributed by atoms with Crippen LogP contribution >= 0.6 is 0 Å². The summed E-state index contributed by atoms with van der Waals surface area (Å²) in [5.74, 6) is 2.63. The minimum atomic E-state index is -0.884. The van der Waals surface area contributed by atoms with E-state index in [1.54, 1.807) is 0 Å². The zero-order valence-corrected chi connectivity index (χ0v) is 7.09. The lowest BCUT2D eigenvalue weighted by atomic mass is 9.81. The number of hydrogen-bond donors (Lipinski definition) is 2. The van der Waals surface area contributed by atoms with Gasteiger partial charge in [-0.25, -0.2) is 0 Å². The lowest BCUT2D eigenvalue weighted by Crippen LogP contribution is -2.52. The van der Waals surface area contributed by atoms with Gasteiger partial charge in [0, 0.05) is 24.9 Å². The Morgan fingerprint density at radius 2 is 2.27 bits per heavy atom. The van der Waals surface area contributed by atoms with Crippen LogP contribution in [0.1, 0.15) is 20.3 Å². The molecule has 2 heteroatoms. The summed E-state index contributed by atoms with van der Waals surface area (Å²) < 4.78 is 0. The van der Waals surface area contributed by atoms with Crippen LogP contribution in [0.5, 0.6) is 0 Å². The van der Waals surface area contributed by atoms with E-state index in [0.29, 0.717) is 12.5 Å². The largest absolute Gasteiger partial charge is 0.377 e. The smallest absolute Gasteiger partial charge is 0.130 e. The average Bonchev–Trinajstić information content (AvgIpc) is 1.98. The van der Waals surface area contributed by atoms with Crippen LogP contribution in [-0.2, 0) is 0 Å². The van der Waals surface area contributed by atoms with Crippen LogP contribution < -0.4 is 5.32 Å². The molecule has 0 saturated carbocycles. The Hall–Kier alpha value is -0.520. The molecule has 0 unspecified atom stereocenters. The summed E-state index contributed by atoms with van der Waals surface area (Å²) in [5, 5.41) is 13.1. The third kappa shape index (κ3) is 1.55. The van der Waals surface area contributed by atoms with E-state index in [-0.39, 0.29) is 5.92 Å². The normalized spacial score (nSPS) is 44.9. The Labute approximate surface area is 68.0 Å². The molecule has 62 valence electrons. The lowest BCUT2D eigenvalue weighted by Gasteiger charge is -2.37. The van der Waals surface area contributed by atoms with E-state index >= 15 is 0 Å². The van der Waals surface area contributed by atoms with Gasteiger partial charge in [-0.3, -0.25) is 0 Å². The van der Waals surface area contributed by atoms with Crippen LogP contribution in [0.4, 0.5) is 0 Å². The third-order valence-electron chi connectivity index (χ3n) is 2.46. The van der Waals surface area contributed by atoms with E-state index in [9.17, 15) is 5.11 Å². The van der Waals surface area contributed by atoms with Crippen LogP contribution in [0.3, 0.4) is 0 Å². The predicted molar refractivity (Wildman–Crippen MR) is 45.0 cm³/mol. The number of hydrogen-bond acceptors (Lipinski definition) is 2. The van der Waals surface area contributed by atoms with Gasteiger partial charge in [-0.2, -0.15) is 0 Å². The van der Waals surface area contributed by atoms with Crippen molar-refractivity contribution in [3.05, 3.63) is 0 Å². The Bertz CT molecular complexity index is 184. The molecule has 1 fully saturated rings. The second-order valence-electron chi connectivity index (χ2n) is 3.48. The van der Waals surface area contributed by atoms with E-state index in [4.69, 9.17) is 6.42 Å². The molecule has 0 bridgehead atoms. The van der Waals surface area contributed by atoms with Gasteiger partial charge in [-0.05, 0) is 6.92 Å². The van der Waals surface area contributed by atoms with Gasteiger partial charge in [0.1, 0.15) is 5.60 Å². The maximum atomic E-state index is 9.84. The molecular weight excluding hydrogens is 138 g/mol. The summed E-state index contributed by atoms with van der Waals surface area (Å²) in [5.41, 5.74) is -0.884. The van der Waals surface area contributed by atoms with Gasteiger partial charge in [0.05, 0.1) is 0 Å². The maximum Gasteiger partial charge on any atom is 0.130 e. The van der Waals surface area contributed by atoms with Gasteiger partial charge in [0.2, 0.25) is 0 Å². The summed E-state index contributed by atoms with van der Waals surface area (Å²) in [6, 6.07) is 0.326. The van der Waals surface area contributed by atoms with Gasteiger partial charge in [-0.1, -0.05) is 12.8 Å². The number of piperidine rings is 1. The van der Waals surface area contributed by atoms with Gasteiger partial charge >= 0.3 is 0 Å². The van der Waals surface area contributed by atoms with Crippen molar-refractivity contribution in [1.82, 2.24) is 5.32 Å². The number of terminal acetylenes is 1. The van der Waals surface area contributed by atoms with Crippen molar-refractivity contribution < 1.29 is 5.11 Å². The molecule has 0 aromatic heterocycles. The summed E-state index contributed by atoms with van der Waals surface area (Å²) in [7, 11) is 0. The molecule has 0 aromatic rings. The molecule has 3 atom stereocenters. The fourth-order valence-corrected chi connectivity index (χ4v) is 1.49. The molecule has 11 heavy (non-hydrogen) atoms. The molecule has 2 N–H and O–H groups in total. The molecule has 1 heterocycles. The summed E-state index contributed by atoms with van der Waals surface area (Å²) in [4.78, 5) is 0. The molecule has 0 radical (unpaired) electrons. The first kappa shape index (κ1) is 8.58. The highest BCUT2D eigenvalue weighted by atomic mass is 16.3. The van der Waals surface area contributed by atoms with Crippen LogP contribution in [-0.4, -0.2) is 23.3 Å². The molecule has 1 saturated heterocycles. The second-order valence-corrected chi connectivity index (χ2v) is 3.48. The predicted octanol–water partition coefficient (Wildman–Crippen LogP) is 0.369. The summed E-state index contributed by atoms with van der Waals surface area (Å²) in [6.45, 7) is 4.81. The summed E-state index contributed by atoms with van der Waals surface area (Å²) in [6.07, 6.45) is 5.92. The van der Waals surface area contributed by atoms with Crippen molar-refractivity contribution in [2.75, 3.05) is 6.54 Å². The minimum Gasteiger partial charge on any atom is -0.377 e. The Morgan fingerprint density at radius 3 is 2.73 bits per heavy atom. The number of rotatable bonds is 0. The Balaban J connectivity index is 2.70. The molecule has 2 nitrogen and oxygen atoms in total. The summed E-state index contributed by atoms with van der Waals surface area (Å²) >= 11 is 0. The maximum absolute atomic E-state index is 9.84. The zero-order chi connectivity index (χ0) is 8.48. The Morgan fingerprint density at radius 1 is 1.64 bits per heavy atom. The molecule has 0 aromatic carbocycles. The van der Waals surface area contributed by atoms with E-state index in [1.807, 2.05) is 13.8 Å². The highest BCUT2D eigenvalue weighted by Gasteiger charge is 2.36. The average molecular weight is 153 g/mol. The van der Waals surface area contributed by atoms with Crippen LogP contribution in [0.25, 0.3) is 0 Å². The quantitative estimate of drug-likeness (QED) is 0.493. The van der Waals surface area contributed by atoms with E-state index in [1.165, 1.54) is 0 Å². The van der Waals surface area contributed by atoms with Crippen LogP contribution in [0.2, 0.25) is 0 Å². The number of aliphatic hydroxyl groups is 1. The van der Waals surface area contributed by atoms with Crippen molar-refractivity contribution in [1.29, 1.82) is 0 Å². The highest BCUT2D eigenvalue weighted by Crippen LogP contribution is 2.25. The van der Waals surface area contributed by atoms with E-state index in [0.717, 1.165) is 6.54 Å². The standard InChI is InChI=1S/C9H15NO/c1-4-9(11)5-8(3)10-6-7(9)2/h1,7-8,10-11H,5-6H2,2-3H3/t7-,8+,9-/m0/s1. The topological polar surface area (TPSA) is 32.3 Å². The van der Waals surface area contributed by atoms with Gasteiger partial charge in [-0.15, -0.1) is 6.42 Å². The SMILES string of the molecule is C#C[C@]1(O)C[C@@H](C)NC[C@@H]1C.